The van der Waals surface area contributed by atoms with Crippen molar-refractivity contribution in [3.8, 4) is 16.9 Å². The van der Waals surface area contributed by atoms with E-state index in [4.69, 9.17) is 0 Å². The summed E-state index contributed by atoms with van der Waals surface area (Å²) in [7, 11) is 0. The number of hydrogen-bond acceptors (Lipinski definition) is 3. The second-order valence-corrected chi connectivity index (χ2v) is 7.20. The average molecular weight is 503 g/mol. The number of benzene rings is 2. The highest BCUT2D eigenvalue weighted by atomic mass is 19.4. The Morgan fingerprint density at radius 2 is 1.80 bits per heavy atom. The molecule has 0 bridgehead atoms. The Morgan fingerprint density at radius 1 is 1.09 bits per heavy atom. The quantitative estimate of drug-likeness (QED) is 0.235. The predicted molar refractivity (Wildman–Crippen MR) is 121 cm³/mol. The molecule has 1 heterocycles. The molecule has 1 N–H and O–H groups in total. The van der Waals surface area contributed by atoms with Crippen molar-refractivity contribution in [1.82, 2.24) is 0 Å². The van der Waals surface area contributed by atoms with Crippen LogP contribution in [0.1, 0.15) is 18.9 Å². The lowest BCUT2D eigenvalue weighted by molar-refractivity contribution is -0.279. The third kappa shape index (κ3) is 8.70. The zero-order valence-electron chi connectivity index (χ0n) is 18.7. The van der Waals surface area contributed by atoms with E-state index in [0.29, 0.717) is 0 Å². The zero-order valence-corrected chi connectivity index (χ0v) is 18.7. The maximum atomic E-state index is 12.3. The van der Waals surface area contributed by atoms with E-state index >= 15 is 0 Å². The van der Waals surface area contributed by atoms with Gasteiger partial charge in [-0.3, -0.25) is 0 Å². The van der Waals surface area contributed by atoms with Crippen LogP contribution in [0.3, 0.4) is 0 Å². The lowest BCUT2D eigenvalue weighted by atomic mass is 9.93. The Balaban J connectivity index is 0.000000271. The summed E-state index contributed by atoms with van der Waals surface area (Å²) in [6.07, 6.45) is -6.13. The van der Waals surface area contributed by atoms with Gasteiger partial charge in [-0.05, 0) is 66.8 Å². The molecule has 0 atom stereocenters. The predicted octanol–water partition coefficient (Wildman–Crippen LogP) is 8.12. The summed E-state index contributed by atoms with van der Waals surface area (Å²) in [5, 5.41) is 3.31. The van der Waals surface area contributed by atoms with Crippen LogP contribution >= 0.6 is 0 Å². The van der Waals surface area contributed by atoms with Crippen LogP contribution in [0.5, 0.6) is 5.75 Å². The van der Waals surface area contributed by atoms with Gasteiger partial charge in [0.1, 0.15) is 11.5 Å². The highest BCUT2D eigenvalue weighted by Gasteiger charge is 2.44. The molecule has 35 heavy (non-hydrogen) atoms. The molecule has 0 saturated carbocycles. The van der Waals surface area contributed by atoms with Gasteiger partial charge >= 0.3 is 18.9 Å². The Morgan fingerprint density at radius 3 is 2.43 bits per heavy atom. The molecule has 0 unspecified atom stereocenters. The number of fused-ring (bicyclic) bond motifs is 1. The van der Waals surface area contributed by atoms with Gasteiger partial charge in [0.25, 0.3) is 0 Å². The first-order valence-corrected chi connectivity index (χ1v) is 10.5. The molecule has 190 valence electrons. The summed E-state index contributed by atoms with van der Waals surface area (Å²) in [5.74, 6) is -0.602. The van der Waals surface area contributed by atoms with Gasteiger partial charge in [-0.25, -0.2) is 0 Å². The normalized spacial score (nSPS) is 14.0. The molecule has 0 aromatic heterocycles. The van der Waals surface area contributed by atoms with Crippen molar-refractivity contribution in [2.24, 2.45) is 0 Å². The molecule has 3 nitrogen and oxygen atoms in total. The molecule has 0 spiro atoms. The third-order valence-corrected chi connectivity index (χ3v) is 4.64. The van der Waals surface area contributed by atoms with Crippen molar-refractivity contribution in [3.05, 3.63) is 84.7 Å². The van der Waals surface area contributed by atoms with E-state index < -0.39 is 24.7 Å². The fourth-order valence-corrected chi connectivity index (χ4v) is 3.18. The van der Waals surface area contributed by atoms with Crippen molar-refractivity contribution in [3.63, 3.8) is 0 Å². The fraction of sp³-hybridized carbons (Fsp3) is 0.280. The van der Waals surface area contributed by atoms with Crippen LogP contribution in [-0.2, 0) is 11.2 Å². The van der Waals surface area contributed by atoms with E-state index in [1.807, 2.05) is 18.2 Å². The van der Waals surface area contributed by atoms with Crippen molar-refractivity contribution in [1.29, 1.82) is 0 Å². The van der Waals surface area contributed by atoms with Crippen LogP contribution in [0.25, 0.3) is 11.1 Å². The minimum Gasteiger partial charge on any atom is -0.428 e. The summed E-state index contributed by atoms with van der Waals surface area (Å²) in [6.45, 7) is 5.72. The van der Waals surface area contributed by atoms with E-state index in [1.165, 1.54) is 24.3 Å². The number of alkyl halides is 7. The van der Waals surface area contributed by atoms with E-state index in [1.54, 1.807) is 19.1 Å². The summed E-state index contributed by atoms with van der Waals surface area (Å²) in [6, 6.07) is 11.9. The van der Waals surface area contributed by atoms with Gasteiger partial charge in [0.2, 0.25) is 0 Å². The van der Waals surface area contributed by atoms with Gasteiger partial charge in [-0.1, -0.05) is 43.0 Å². The second-order valence-electron chi connectivity index (χ2n) is 7.20. The first kappa shape index (κ1) is 27.8. The molecule has 0 fully saturated rings. The van der Waals surface area contributed by atoms with Crippen molar-refractivity contribution >= 4 is 5.69 Å². The zero-order chi connectivity index (χ0) is 26.1. The van der Waals surface area contributed by atoms with E-state index in [-0.39, 0.29) is 5.75 Å². The molecule has 3 rings (SSSR count). The molecule has 0 saturated heterocycles. The minimum absolute atomic E-state index is 0.193. The highest BCUT2D eigenvalue weighted by molar-refractivity contribution is 5.75. The molecule has 2 aromatic rings. The molecular weight excluding hydrogens is 479 g/mol. The Labute approximate surface area is 198 Å². The largest absolute Gasteiger partial charge is 0.573 e. The number of anilines is 1. The van der Waals surface area contributed by atoms with Gasteiger partial charge in [0, 0.05) is 12.2 Å². The SMILES string of the molecule is C=C/C(=C\C=C/C)OC(F)(F)C(F)F.FC(F)(F)Oc1cccc(-c2cccc3c2CCCN3)c1. The monoisotopic (exact) mass is 503 g/mol. The van der Waals surface area contributed by atoms with Gasteiger partial charge in [-0.15, -0.1) is 13.2 Å². The van der Waals surface area contributed by atoms with Crippen LogP contribution in [-0.4, -0.2) is 25.4 Å². The summed E-state index contributed by atoms with van der Waals surface area (Å²) < 4.78 is 92.7. The summed E-state index contributed by atoms with van der Waals surface area (Å²) in [4.78, 5) is 0. The number of nitrogens with one attached hydrogen (secondary N) is 1. The molecule has 0 amide bonds. The average Bonchev–Trinajstić information content (AvgIpc) is 2.80. The van der Waals surface area contributed by atoms with Gasteiger partial charge in [-0.2, -0.15) is 17.6 Å². The van der Waals surface area contributed by atoms with Crippen molar-refractivity contribution in [2.75, 3.05) is 11.9 Å². The van der Waals surface area contributed by atoms with Crippen LogP contribution in [0.2, 0.25) is 0 Å². The summed E-state index contributed by atoms with van der Waals surface area (Å²) >= 11 is 0. The Bertz CT molecular complexity index is 1050. The van der Waals surface area contributed by atoms with Crippen LogP contribution < -0.4 is 10.1 Å². The topological polar surface area (TPSA) is 30.5 Å². The number of ether oxygens (including phenoxy) is 2. The molecule has 2 aromatic carbocycles. The van der Waals surface area contributed by atoms with E-state index in [9.17, 15) is 30.7 Å². The smallest absolute Gasteiger partial charge is 0.428 e. The fourth-order valence-electron chi connectivity index (χ4n) is 3.18. The minimum atomic E-state index is -4.67. The van der Waals surface area contributed by atoms with Crippen molar-refractivity contribution < 1.29 is 40.2 Å². The Hall–Kier alpha value is -3.43. The third-order valence-electron chi connectivity index (χ3n) is 4.64. The van der Waals surface area contributed by atoms with E-state index in [2.05, 4.69) is 21.4 Å². The lowest BCUT2D eigenvalue weighted by Gasteiger charge is -2.21. The molecule has 10 heteroatoms. The highest BCUT2D eigenvalue weighted by Crippen LogP contribution is 2.35. The van der Waals surface area contributed by atoms with Crippen LogP contribution in [0.4, 0.5) is 36.4 Å². The number of halogens is 7. The van der Waals surface area contributed by atoms with Crippen LogP contribution in [0, 0.1) is 0 Å². The number of hydrogen-bond donors (Lipinski definition) is 1. The lowest BCUT2D eigenvalue weighted by Crippen LogP contribution is -2.29. The number of allylic oxidation sites excluding steroid dienone is 4. The van der Waals surface area contributed by atoms with Crippen LogP contribution in [0.15, 0.2) is 79.1 Å². The standard InChI is InChI=1S/C16H14F3NO.C9H10F4O/c17-16(18,19)21-12-5-1-4-11(10-12)13-6-2-8-15-14(13)7-3-9-20-15;1-3-5-6-7(4-2)14-9(12,13)8(10)11/h1-2,4-6,8,10,20H,3,7,9H2;3-6,8H,2H2,1H3/b;5-3-,7-6+. The van der Waals surface area contributed by atoms with E-state index in [0.717, 1.165) is 53.9 Å². The maximum absolute atomic E-state index is 12.3. The van der Waals surface area contributed by atoms with Gasteiger partial charge in [0.05, 0.1) is 0 Å². The maximum Gasteiger partial charge on any atom is 0.573 e. The molecule has 0 radical (unpaired) electrons. The second kappa shape index (κ2) is 12.3. The molecule has 1 aliphatic rings. The van der Waals surface area contributed by atoms with Crippen molar-refractivity contribution in [2.45, 2.75) is 38.7 Å². The molecule has 0 aliphatic carbocycles. The molecule has 1 aliphatic heterocycles. The number of rotatable bonds is 7. The first-order valence-electron chi connectivity index (χ1n) is 10.5. The Kier molecular flexibility index (Phi) is 9.79. The summed E-state index contributed by atoms with van der Waals surface area (Å²) in [5.41, 5.74) is 3.89. The van der Waals surface area contributed by atoms with Gasteiger partial charge in [0.15, 0.2) is 0 Å². The van der Waals surface area contributed by atoms with Gasteiger partial charge < -0.3 is 14.8 Å². The first-order chi connectivity index (χ1) is 16.5. The molecular formula is C25H24F7NO2.